The molecule has 1 rings (SSSR count). The molecule has 0 heterocycles. The zero-order valence-electron chi connectivity index (χ0n) is 12.3. The third-order valence-corrected chi connectivity index (χ3v) is 2.83. The number of carbonyl (C=O) groups excluding carboxylic acids is 1. The van der Waals surface area contributed by atoms with Crippen LogP contribution in [0.2, 0.25) is 0 Å². The van der Waals surface area contributed by atoms with Gasteiger partial charge in [-0.15, -0.1) is 0 Å². The van der Waals surface area contributed by atoms with Crippen LogP contribution >= 0.6 is 0 Å². The number of hydrogen-bond acceptors (Lipinski definition) is 5. The summed E-state index contributed by atoms with van der Waals surface area (Å²) in [5, 5.41) is 16.5. The number of anilines is 1. The lowest BCUT2D eigenvalue weighted by molar-refractivity contribution is -0.385. The van der Waals surface area contributed by atoms with Gasteiger partial charge in [-0.1, -0.05) is 6.92 Å². The Morgan fingerprint density at radius 2 is 2.14 bits per heavy atom. The van der Waals surface area contributed by atoms with Crippen molar-refractivity contribution in [1.82, 2.24) is 5.32 Å². The third kappa shape index (κ3) is 5.39. The zero-order chi connectivity index (χ0) is 15.7. The summed E-state index contributed by atoms with van der Waals surface area (Å²) in [6.07, 6.45) is 1.63. The molecule has 0 unspecified atom stereocenters. The summed E-state index contributed by atoms with van der Waals surface area (Å²) in [6.45, 7) is 3.70. The van der Waals surface area contributed by atoms with Gasteiger partial charge in [-0.05, 0) is 25.0 Å². The number of carbonyl (C=O) groups is 1. The minimum atomic E-state index is -0.557. The minimum Gasteiger partial charge on any atom is -0.388 e. The number of nitrogens with one attached hydrogen (secondary N) is 2. The zero-order valence-corrected chi connectivity index (χ0v) is 12.3. The molecule has 0 saturated carbocycles. The Labute approximate surface area is 123 Å². The van der Waals surface area contributed by atoms with Gasteiger partial charge in [0.25, 0.3) is 11.6 Å². The molecule has 116 valence electrons. The standard InChI is InChI=1S/C14H21N3O4/c1-3-8-21-9-4-7-16-14(18)12-10-11(15-2)5-6-13(12)17(19)20/h5-6,10,15H,3-4,7-9H2,1-2H3,(H,16,18). The highest BCUT2D eigenvalue weighted by Crippen LogP contribution is 2.22. The van der Waals surface area contributed by atoms with E-state index in [1.54, 1.807) is 13.1 Å². The van der Waals surface area contributed by atoms with Gasteiger partial charge in [0.1, 0.15) is 5.56 Å². The van der Waals surface area contributed by atoms with E-state index in [1.165, 1.54) is 12.1 Å². The van der Waals surface area contributed by atoms with Gasteiger partial charge < -0.3 is 15.4 Å². The highest BCUT2D eigenvalue weighted by atomic mass is 16.6. The maximum Gasteiger partial charge on any atom is 0.282 e. The predicted octanol–water partition coefficient (Wildman–Crippen LogP) is 2.18. The average molecular weight is 295 g/mol. The normalized spacial score (nSPS) is 10.2. The fraction of sp³-hybridized carbons (Fsp3) is 0.500. The molecular weight excluding hydrogens is 274 g/mol. The number of amides is 1. The summed E-state index contributed by atoms with van der Waals surface area (Å²) in [7, 11) is 1.69. The number of rotatable bonds is 9. The molecule has 1 amide bonds. The monoisotopic (exact) mass is 295 g/mol. The predicted molar refractivity (Wildman–Crippen MR) is 80.7 cm³/mol. The van der Waals surface area contributed by atoms with E-state index >= 15 is 0 Å². The molecule has 0 aliphatic heterocycles. The fourth-order valence-electron chi connectivity index (χ4n) is 1.75. The van der Waals surface area contributed by atoms with Crippen LogP contribution < -0.4 is 10.6 Å². The number of nitro benzene ring substituents is 1. The second-order valence-electron chi connectivity index (χ2n) is 4.46. The lowest BCUT2D eigenvalue weighted by Gasteiger charge is -2.08. The molecule has 1 aromatic carbocycles. The van der Waals surface area contributed by atoms with Crippen LogP contribution in [0.1, 0.15) is 30.1 Å². The molecule has 0 spiro atoms. The molecule has 0 radical (unpaired) electrons. The summed E-state index contributed by atoms with van der Waals surface area (Å²) >= 11 is 0. The Hall–Kier alpha value is -2.15. The van der Waals surface area contributed by atoms with E-state index in [0.29, 0.717) is 31.9 Å². The first-order valence-electron chi connectivity index (χ1n) is 6.92. The van der Waals surface area contributed by atoms with Crippen LogP contribution in [0.5, 0.6) is 0 Å². The molecule has 0 aromatic heterocycles. The molecule has 7 nitrogen and oxygen atoms in total. The van der Waals surface area contributed by atoms with Crippen molar-refractivity contribution in [3.63, 3.8) is 0 Å². The number of ether oxygens (including phenoxy) is 1. The summed E-state index contributed by atoms with van der Waals surface area (Å²) in [5.41, 5.74) is 0.507. The van der Waals surface area contributed by atoms with Crippen molar-refractivity contribution in [3.05, 3.63) is 33.9 Å². The van der Waals surface area contributed by atoms with Crippen LogP contribution in [0, 0.1) is 10.1 Å². The highest BCUT2D eigenvalue weighted by Gasteiger charge is 2.20. The topological polar surface area (TPSA) is 93.5 Å². The van der Waals surface area contributed by atoms with E-state index in [-0.39, 0.29) is 11.3 Å². The van der Waals surface area contributed by atoms with Gasteiger partial charge in [0.15, 0.2) is 0 Å². The highest BCUT2D eigenvalue weighted by molar-refractivity contribution is 5.99. The number of nitrogens with zero attached hydrogens (tertiary/aromatic N) is 1. The second kappa shape index (κ2) is 8.91. The van der Waals surface area contributed by atoms with E-state index in [4.69, 9.17) is 4.74 Å². The molecule has 1 aromatic rings. The van der Waals surface area contributed by atoms with Crippen LogP contribution in [-0.4, -0.2) is 37.6 Å². The first-order chi connectivity index (χ1) is 10.1. The SMILES string of the molecule is CCCOCCCNC(=O)c1cc(NC)ccc1[N+](=O)[O-]. The van der Waals surface area contributed by atoms with Crippen molar-refractivity contribution in [2.24, 2.45) is 0 Å². The van der Waals surface area contributed by atoms with Crippen LogP contribution in [0.15, 0.2) is 18.2 Å². The summed E-state index contributed by atoms with van der Waals surface area (Å²) in [6, 6.07) is 4.36. The molecule has 0 aliphatic rings. The molecule has 2 N–H and O–H groups in total. The Balaban J connectivity index is 2.61. The average Bonchev–Trinajstić information content (AvgIpc) is 2.49. The first-order valence-corrected chi connectivity index (χ1v) is 6.92. The lowest BCUT2D eigenvalue weighted by Crippen LogP contribution is -2.26. The van der Waals surface area contributed by atoms with E-state index in [0.717, 1.165) is 6.42 Å². The first kappa shape index (κ1) is 16.9. The van der Waals surface area contributed by atoms with Crippen molar-refractivity contribution in [2.75, 3.05) is 32.1 Å². The summed E-state index contributed by atoms with van der Waals surface area (Å²) < 4.78 is 5.30. The van der Waals surface area contributed by atoms with E-state index in [9.17, 15) is 14.9 Å². The van der Waals surface area contributed by atoms with Crippen molar-refractivity contribution in [3.8, 4) is 0 Å². The Morgan fingerprint density at radius 1 is 1.38 bits per heavy atom. The van der Waals surface area contributed by atoms with Gasteiger partial charge in [0.2, 0.25) is 0 Å². The van der Waals surface area contributed by atoms with Crippen LogP contribution in [0.4, 0.5) is 11.4 Å². The molecule has 0 fully saturated rings. The van der Waals surface area contributed by atoms with Gasteiger partial charge in [-0.25, -0.2) is 0 Å². The second-order valence-corrected chi connectivity index (χ2v) is 4.46. The van der Waals surface area contributed by atoms with Gasteiger partial charge >= 0.3 is 0 Å². The molecule has 7 heteroatoms. The molecule has 0 bridgehead atoms. The van der Waals surface area contributed by atoms with Gasteiger partial charge in [0.05, 0.1) is 4.92 Å². The van der Waals surface area contributed by atoms with Crippen LogP contribution in [-0.2, 0) is 4.74 Å². The quantitative estimate of drug-likeness (QED) is 0.414. The smallest absolute Gasteiger partial charge is 0.282 e. The van der Waals surface area contributed by atoms with E-state index in [2.05, 4.69) is 10.6 Å². The van der Waals surface area contributed by atoms with Crippen molar-refractivity contribution < 1.29 is 14.5 Å². The van der Waals surface area contributed by atoms with E-state index in [1.807, 2.05) is 6.92 Å². The van der Waals surface area contributed by atoms with Crippen molar-refractivity contribution in [1.29, 1.82) is 0 Å². The van der Waals surface area contributed by atoms with Crippen molar-refractivity contribution >= 4 is 17.3 Å². The van der Waals surface area contributed by atoms with Gasteiger partial charge in [0, 0.05) is 38.6 Å². The largest absolute Gasteiger partial charge is 0.388 e. The molecular formula is C14H21N3O4. The molecule has 0 atom stereocenters. The fourth-order valence-corrected chi connectivity index (χ4v) is 1.75. The number of benzene rings is 1. The molecule has 21 heavy (non-hydrogen) atoms. The number of nitro groups is 1. The third-order valence-electron chi connectivity index (χ3n) is 2.83. The van der Waals surface area contributed by atoms with Crippen molar-refractivity contribution in [2.45, 2.75) is 19.8 Å². The minimum absolute atomic E-state index is 0.0568. The summed E-state index contributed by atoms with van der Waals surface area (Å²) in [4.78, 5) is 22.4. The number of hydrogen-bond donors (Lipinski definition) is 2. The Kier molecular flexibility index (Phi) is 7.17. The maximum absolute atomic E-state index is 12.0. The van der Waals surface area contributed by atoms with Crippen LogP contribution in [0.25, 0.3) is 0 Å². The lowest BCUT2D eigenvalue weighted by atomic mass is 10.1. The summed E-state index contributed by atoms with van der Waals surface area (Å²) in [5.74, 6) is -0.450. The van der Waals surface area contributed by atoms with E-state index < -0.39 is 10.8 Å². The van der Waals surface area contributed by atoms with Gasteiger partial charge in [-0.3, -0.25) is 14.9 Å². The maximum atomic E-state index is 12.0. The molecule has 0 saturated heterocycles. The Morgan fingerprint density at radius 3 is 2.76 bits per heavy atom. The van der Waals surface area contributed by atoms with Gasteiger partial charge in [-0.2, -0.15) is 0 Å². The van der Waals surface area contributed by atoms with Crippen LogP contribution in [0.3, 0.4) is 0 Å². The molecule has 0 aliphatic carbocycles. The Bertz CT molecular complexity index is 491.